The van der Waals surface area contributed by atoms with Crippen LogP contribution in [-0.2, 0) is 0 Å². The molecule has 0 atom stereocenters. The molecule has 2 aromatic rings. The minimum Gasteiger partial charge on any atom is -0.457 e. The summed E-state index contributed by atoms with van der Waals surface area (Å²) < 4.78 is 5.83. The number of hydrogen-bond donors (Lipinski definition) is 1. The normalized spacial score (nSPS) is 11.1. The Hall–Kier alpha value is -1.96. The zero-order valence-corrected chi connectivity index (χ0v) is 11.8. The molecule has 0 aliphatic rings. The van der Waals surface area contributed by atoms with Crippen molar-refractivity contribution < 1.29 is 4.74 Å². The summed E-state index contributed by atoms with van der Waals surface area (Å²) in [6.07, 6.45) is 1.07. The lowest BCUT2D eigenvalue weighted by molar-refractivity contribution is 0.482. The van der Waals surface area contributed by atoms with Gasteiger partial charge in [-0.15, -0.1) is 0 Å². The van der Waals surface area contributed by atoms with E-state index in [9.17, 15) is 0 Å². The third-order valence-corrected chi connectivity index (χ3v) is 3.18. The maximum absolute atomic E-state index is 5.83. The summed E-state index contributed by atoms with van der Waals surface area (Å²) in [5.41, 5.74) is 1.17. The highest BCUT2D eigenvalue weighted by Gasteiger charge is 2.14. The van der Waals surface area contributed by atoms with E-state index in [1.807, 2.05) is 48.5 Å². The molecule has 19 heavy (non-hydrogen) atoms. The first-order valence-corrected chi connectivity index (χ1v) is 6.70. The SMILES string of the molecule is CCC(C)(C)Nc1cccc(Oc2ccccc2)c1. The van der Waals surface area contributed by atoms with Crippen molar-refractivity contribution in [2.24, 2.45) is 0 Å². The molecule has 2 rings (SSSR count). The maximum atomic E-state index is 5.83. The quantitative estimate of drug-likeness (QED) is 0.804. The standard InChI is InChI=1S/C17H21NO/c1-4-17(2,3)18-14-9-8-12-16(13-14)19-15-10-6-5-7-11-15/h5-13,18H,4H2,1-3H3. The van der Waals surface area contributed by atoms with Crippen molar-refractivity contribution in [1.82, 2.24) is 0 Å². The molecule has 100 valence electrons. The average molecular weight is 255 g/mol. The molecule has 0 bridgehead atoms. The highest BCUT2D eigenvalue weighted by atomic mass is 16.5. The molecule has 0 aliphatic heterocycles. The van der Waals surface area contributed by atoms with Gasteiger partial charge in [0.25, 0.3) is 0 Å². The predicted octanol–water partition coefficient (Wildman–Crippen LogP) is 5.08. The average Bonchev–Trinajstić information content (AvgIpc) is 2.40. The summed E-state index contributed by atoms with van der Waals surface area (Å²) in [5.74, 6) is 1.71. The smallest absolute Gasteiger partial charge is 0.129 e. The molecule has 2 heteroatoms. The van der Waals surface area contributed by atoms with E-state index in [-0.39, 0.29) is 5.54 Å². The van der Waals surface area contributed by atoms with Crippen LogP contribution in [0.15, 0.2) is 54.6 Å². The van der Waals surface area contributed by atoms with Crippen molar-refractivity contribution in [2.45, 2.75) is 32.7 Å². The van der Waals surface area contributed by atoms with Crippen LogP contribution < -0.4 is 10.1 Å². The van der Waals surface area contributed by atoms with Gasteiger partial charge in [0.2, 0.25) is 0 Å². The highest BCUT2D eigenvalue weighted by molar-refractivity contribution is 5.50. The van der Waals surface area contributed by atoms with Crippen molar-refractivity contribution in [3.8, 4) is 11.5 Å². The fourth-order valence-electron chi connectivity index (χ4n) is 1.74. The van der Waals surface area contributed by atoms with E-state index in [1.165, 1.54) is 0 Å². The van der Waals surface area contributed by atoms with Crippen LogP contribution in [0.25, 0.3) is 0 Å². The van der Waals surface area contributed by atoms with E-state index < -0.39 is 0 Å². The summed E-state index contributed by atoms with van der Waals surface area (Å²) in [5, 5.41) is 3.51. The first-order valence-electron chi connectivity index (χ1n) is 6.70. The topological polar surface area (TPSA) is 21.3 Å². The molecular formula is C17H21NO. The highest BCUT2D eigenvalue weighted by Crippen LogP contribution is 2.26. The number of anilines is 1. The van der Waals surface area contributed by atoms with Crippen LogP contribution >= 0.6 is 0 Å². The fraction of sp³-hybridized carbons (Fsp3) is 0.294. The van der Waals surface area contributed by atoms with Gasteiger partial charge < -0.3 is 10.1 Å². The zero-order valence-electron chi connectivity index (χ0n) is 11.8. The molecule has 0 radical (unpaired) electrons. The van der Waals surface area contributed by atoms with E-state index in [4.69, 9.17) is 4.74 Å². The summed E-state index contributed by atoms with van der Waals surface area (Å²) in [6.45, 7) is 6.56. The van der Waals surface area contributed by atoms with E-state index in [2.05, 4.69) is 32.2 Å². The maximum Gasteiger partial charge on any atom is 0.129 e. The molecule has 0 saturated carbocycles. The molecule has 0 heterocycles. The van der Waals surface area contributed by atoms with E-state index in [0.717, 1.165) is 23.6 Å². The van der Waals surface area contributed by atoms with Gasteiger partial charge in [0.15, 0.2) is 0 Å². The largest absolute Gasteiger partial charge is 0.457 e. The van der Waals surface area contributed by atoms with Gasteiger partial charge in [-0.2, -0.15) is 0 Å². The van der Waals surface area contributed by atoms with Crippen LogP contribution in [0.1, 0.15) is 27.2 Å². The molecule has 0 aliphatic carbocycles. The molecule has 0 fully saturated rings. The number of para-hydroxylation sites is 1. The summed E-state index contributed by atoms with van der Waals surface area (Å²) >= 11 is 0. The Bertz CT molecular complexity index is 520. The Morgan fingerprint density at radius 1 is 0.947 bits per heavy atom. The molecule has 0 unspecified atom stereocenters. The van der Waals surface area contributed by atoms with Crippen molar-refractivity contribution in [2.75, 3.05) is 5.32 Å². The number of hydrogen-bond acceptors (Lipinski definition) is 2. The van der Waals surface area contributed by atoms with Gasteiger partial charge in [-0.05, 0) is 44.5 Å². The second-order valence-electron chi connectivity index (χ2n) is 5.31. The van der Waals surface area contributed by atoms with Crippen LogP contribution in [0.2, 0.25) is 0 Å². The second kappa shape index (κ2) is 5.79. The molecule has 0 aromatic heterocycles. The van der Waals surface area contributed by atoms with Gasteiger partial charge in [-0.25, -0.2) is 0 Å². The lowest BCUT2D eigenvalue weighted by atomic mass is 10.0. The Kier molecular flexibility index (Phi) is 4.10. The monoisotopic (exact) mass is 255 g/mol. The Morgan fingerprint density at radius 2 is 1.63 bits per heavy atom. The summed E-state index contributed by atoms with van der Waals surface area (Å²) in [4.78, 5) is 0. The van der Waals surface area contributed by atoms with Crippen LogP contribution in [0, 0.1) is 0 Å². The van der Waals surface area contributed by atoms with E-state index in [0.29, 0.717) is 0 Å². The number of nitrogens with one attached hydrogen (secondary N) is 1. The fourth-order valence-corrected chi connectivity index (χ4v) is 1.74. The first kappa shape index (κ1) is 13.5. The van der Waals surface area contributed by atoms with E-state index in [1.54, 1.807) is 0 Å². The third kappa shape index (κ3) is 4.02. The molecule has 2 aromatic carbocycles. The predicted molar refractivity (Wildman–Crippen MR) is 81.0 cm³/mol. The van der Waals surface area contributed by atoms with Gasteiger partial charge >= 0.3 is 0 Å². The van der Waals surface area contributed by atoms with Crippen LogP contribution in [0.3, 0.4) is 0 Å². The summed E-state index contributed by atoms with van der Waals surface area (Å²) in [6, 6.07) is 17.9. The van der Waals surface area contributed by atoms with Crippen LogP contribution in [0.5, 0.6) is 11.5 Å². The minimum absolute atomic E-state index is 0.0887. The lowest BCUT2D eigenvalue weighted by Crippen LogP contribution is -2.29. The number of rotatable bonds is 5. The zero-order chi connectivity index (χ0) is 13.7. The lowest BCUT2D eigenvalue weighted by Gasteiger charge is -2.26. The molecule has 0 amide bonds. The minimum atomic E-state index is 0.0887. The molecule has 2 nitrogen and oxygen atoms in total. The van der Waals surface area contributed by atoms with Crippen molar-refractivity contribution in [3.05, 3.63) is 54.6 Å². The Morgan fingerprint density at radius 3 is 2.32 bits per heavy atom. The van der Waals surface area contributed by atoms with Crippen molar-refractivity contribution in [3.63, 3.8) is 0 Å². The van der Waals surface area contributed by atoms with Gasteiger partial charge in [-0.3, -0.25) is 0 Å². The molecule has 1 N–H and O–H groups in total. The third-order valence-electron chi connectivity index (χ3n) is 3.18. The van der Waals surface area contributed by atoms with Gasteiger partial charge in [0.05, 0.1) is 0 Å². The van der Waals surface area contributed by atoms with Crippen LogP contribution in [0.4, 0.5) is 5.69 Å². The molecule has 0 spiro atoms. The molecule has 0 saturated heterocycles. The van der Waals surface area contributed by atoms with Crippen LogP contribution in [-0.4, -0.2) is 5.54 Å². The Labute approximate surface area is 115 Å². The van der Waals surface area contributed by atoms with Crippen molar-refractivity contribution in [1.29, 1.82) is 0 Å². The first-order chi connectivity index (χ1) is 9.09. The van der Waals surface area contributed by atoms with Gasteiger partial charge in [0, 0.05) is 17.3 Å². The Balaban J connectivity index is 2.11. The van der Waals surface area contributed by atoms with Gasteiger partial charge in [0.1, 0.15) is 11.5 Å². The molecular weight excluding hydrogens is 234 g/mol. The second-order valence-corrected chi connectivity index (χ2v) is 5.31. The van der Waals surface area contributed by atoms with Crippen molar-refractivity contribution >= 4 is 5.69 Å². The van der Waals surface area contributed by atoms with Gasteiger partial charge in [-0.1, -0.05) is 31.2 Å². The van der Waals surface area contributed by atoms with E-state index >= 15 is 0 Å². The summed E-state index contributed by atoms with van der Waals surface area (Å²) in [7, 11) is 0. The number of ether oxygens (including phenoxy) is 1. The number of benzene rings is 2.